The van der Waals surface area contributed by atoms with Gasteiger partial charge in [-0.15, -0.1) is 0 Å². The van der Waals surface area contributed by atoms with Crippen LogP contribution in [0.5, 0.6) is 0 Å². The van der Waals surface area contributed by atoms with Gasteiger partial charge >= 0.3 is 0 Å². The van der Waals surface area contributed by atoms with Gasteiger partial charge in [0.2, 0.25) is 11.8 Å². The van der Waals surface area contributed by atoms with E-state index >= 15 is 0 Å². The summed E-state index contributed by atoms with van der Waals surface area (Å²) in [7, 11) is 0. The van der Waals surface area contributed by atoms with Gasteiger partial charge in [0.25, 0.3) is 0 Å². The van der Waals surface area contributed by atoms with E-state index < -0.39 is 11.9 Å². The number of hydrogen-bond acceptors (Lipinski definition) is 2. The second kappa shape index (κ2) is 6.62. The van der Waals surface area contributed by atoms with Gasteiger partial charge in [-0.25, -0.2) is 0 Å². The summed E-state index contributed by atoms with van der Waals surface area (Å²) >= 11 is 0. The van der Waals surface area contributed by atoms with Crippen LogP contribution in [0.4, 0.5) is 0 Å². The zero-order valence-electron chi connectivity index (χ0n) is 10.9. The Morgan fingerprint density at radius 3 is 2.29 bits per heavy atom. The van der Waals surface area contributed by atoms with Crippen molar-refractivity contribution in [1.82, 2.24) is 5.32 Å². The van der Waals surface area contributed by atoms with Crippen LogP contribution in [0.1, 0.15) is 52.4 Å². The van der Waals surface area contributed by atoms with Crippen molar-refractivity contribution in [3.05, 3.63) is 0 Å². The molecule has 0 aromatic rings. The summed E-state index contributed by atoms with van der Waals surface area (Å²) in [5.41, 5.74) is 5.39. The van der Waals surface area contributed by atoms with E-state index in [0.29, 0.717) is 12.3 Å². The zero-order valence-corrected chi connectivity index (χ0v) is 10.9. The average Bonchev–Trinajstić information content (AvgIpc) is 2.25. The molecule has 3 N–H and O–H groups in total. The average molecular weight is 240 g/mol. The molecule has 1 aliphatic carbocycles. The standard InChI is InChI=1S/C13H24N2O2/c1-9(2)8-11(16)15-12(13(14)17)10-6-4-3-5-7-10/h9-10,12H,3-8H2,1-2H3,(H2,14,17)(H,15,16)/t12-/m0/s1. The maximum absolute atomic E-state index is 11.7. The number of carbonyl (C=O) groups is 2. The Morgan fingerprint density at radius 2 is 1.82 bits per heavy atom. The van der Waals surface area contributed by atoms with Crippen LogP contribution in [-0.4, -0.2) is 17.9 Å². The molecule has 1 atom stereocenters. The van der Waals surface area contributed by atoms with Gasteiger partial charge in [-0.3, -0.25) is 9.59 Å². The highest BCUT2D eigenvalue weighted by Crippen LogP contribution is 2.26. The fourth-order valence-corrected chi connectivity index (χ4v) is 2.49. The predicted octanol–water partition coefficient (Wildman–Crippen LogP) is 1.58. The molecule has 1 aliphatic rings. The largest absolute Gasteiger partial charge is 0.368 e. The van der Waals surface area contributed by atoms with Crippen LogP contribution < -0.4 is 11.1 Å². The molecule has 0 radical (unpaired) electrons. The molecule has 0 unspecified atom stereocenters. The summed E-state index contributed by atoms with van der Waals surface area (Å²) in [5, 5.41) is 2.80. The van der Waals surface area contributed by atoms with Gasteiger partial charge in [0.05, 0.1) is 0 Å². The molecule has 1 fully saturated rings. The third kappa shape index (κ3) is 4.75. The first-order valence-corrected chi connectivity index (χ1v) is 6.59. The van der Waals surface area contributed by atoms with Crippen molar-refractivity contribution in [3.8, 4) is 0 Å². The van der Waals surface area contributed by atoms with Crippen molar-refractivity contribution in [2.75, 3.05) is 0 Å². The van der Waals surface area contributed by atoms with Gasteiger partial charge in [-0.2, -0.15) is 0 Å². The number of primary amides is 1. The molecular formula is C13H24N2O2. The third-order valence-electron chi connectivity index (χ3n) is 3.34. The van der Waals surface area contributed by atoms with E-state index in [4.69, 9.17) is 5.73 Å². The van der Waals surface area contributed by atoms with Crippen molar-refractivity contribution in [3.63, 3.8) is 0 Å². The van der Waals surface area contributed by atoms with E-state index in [-0.39, 0.29) is 11.8 Å². The Labute approximate surface area is 103 Å². The lowest BCUT2D eigenvalue weighted by atomic mass is 9.83. The fraction of sp³-hybridized carbons (Fsp3) is 0.846. The van der Waals surface area contributed by atoms with Crippen LogP contribution in [-0.2, 0) is 9.59 Å². The summed E-state index contributed by atoms with van der Waals surface area (Å²) in [5.74, 6) is 0.0793. The first-order chi connectivity index (χ1) is 8.00. The first-order valence-electron chi connectivity index (χ1n) is 6.59. The number of hydrogen-bond donors (Lipinski definition) is 2. The van der Waals surface area contributed by atoms with Crippen molar-refractivity contribution in [2.24, 2.45) is 17.6 Å². The van der Waals surface area contributed by atoms with Crippen molar-refractivity contribution in [2.45, 2.75) is 58.4 Å². The minimum absolute atomic E-state index is 0.0608. The van der Waals surface area contributed by atoms with Gasteiger partial charge in [0.1, 0.15) is 6.04 Å². The normalized spacial score (nSPS) is 19.0. The molecular weight excluding hydrogens is 216 g/mol. The summed E-state index contributed by atoms with van der Waals surface area (Å²) in [6, 6.07) is -0.471. The van der Waals surface area contributed by atoms with E-state index in [1.165, 1.54) is 6.42 Å². The highest BCUT2D eigenvalue weighted by Gasteiger charge is 2.29. The Morgan fingerprint density at radius 1 is 1.24 bits per heavy atom. The Hall–Kier alpha value is -1.06. The molecule has 4 nitrogen and oxygen atoms in total. The summed E-state index contributed by atoms with van der Waals surface area (Å²) < 4.78 is 0. The van der Waals surface area contributed by atoms with Gasteiger partial charge < -0.3 is 11.1 Å². The first kappa shape index (κ1) is 14.0. The number of rotatable bonds is 5. The SMILES string of the molecule is CC(C)CC(=O)N[C@H](C(N)=O)C1CCCCC1. The van der Waals surface area contributed by atoms with Gasteiger partial charge in [0, 0.05) is 6.42 Å². The Balaban J connectivity index is 2.53. The molecule has 0 aromatic carbocycles. The van der Waals surface area contributed by atoms with Gasteiger partial charge in [0.15, 0.2) is 0 Å². The van der Waals surface area contributed by atoms with Crippen LogP contribution in [0.2, 0.25) is 0 Å². The maximum atomic E-state index is 11.7. The molecule has 1 saturated carbocycles. The molecule has 0 spiro atoms. The van der Waals surface area contributed by atoms with E-state index in [1.54, 1.807) is 0 Å². The van der Waals surface area contributed by atoms with Crippen LogP contribution in [0.25, 0.3) is 0 Å². The lowest BCUT2D eigenvalue weighted by Crippen LogP contribution is -2.49. The minimum Gasteiger partial charge on any atom is -0.368 e. The molecule has 17 heavy (non-hydrogen) atoms. The lowest BCUT2D eigenvalue weighted by molar-refractivity contribution is -0.129. The lowest BCUT2D eigenvalue weighted by Gasteiger charge is -2.28. The maximum Gasteiger partial charge on any atom is 0.240 e. The Bertz CT molecular complexity index is 271. The van der Waals surface area contributed by atoms with Crippen LogP contribution in [0, 0.1) is 11.8 Å². The number of amides is 2. The molecule has 98 valence electrons. The molecule has 0 aromatic heterocycles. The van der Waals surface area contributed by atoms with Crippen LogP contribution in [0.15, 0.2) is 0 Å². The quantitative estimate of drug-likeness (QED) is 0.766. The fourth-order valence-electron chi connectivity index (χ4n) is 2.49. The van der Waals surface area contributed by atoms with Crippen molar-refractivity contribution < 1.29 is 9.59 Å². The second-order valence-corrected chi connectivity index (χ2v) is 5.44. The molecule has 1 rings (SSSR count). The number of nitrogens with two attached hydrogens (primary N) is 1. The van der Waals surface area contributed by atoms with Crippen LogP contribution in [0.3, 0.4) is 0 Å². The van der Waals surface area contributed by atoms with Gasteiger partial charge in [-0.1, -0.05) is 33.1 Å². The summed E-state index contributed by atoms with van der Waals surface area (Å²) in [6.07, 6.45) is 5.94. The highest BCUT2D eigenvalue weighted by molar-refractivity contribution is 5.86. The van der Waals surface area contributed by atoms with Crippen LogP contribution >= 0.6 is 0 Å². The van der Waals surface area contributed by atoms with E-state index in [2.05, 4.69) is 5.32 Å². The monoisotopic (exact) mass is 240 g/mol. The van der Waals surface area contributed by atoms with Gasteiger partial charge in [-0.05, 0) is 24.7 Å². The molecule has 0 aliphatic heterocycles. The topological polar surface area (TPSA) is 72.2 Å². The second-order valence-electron chi connectivity index (χ2n) is 5.44. The number of nitrogens with one attached hydrogen (secondary N) is 1. The van der Waals surface area contributed by atoms with E-state index in [1.807, 2.05) is 13.8 Å². The van der Waals surface area contributed by atoms with Crippen molar-refractivity contribution in [1.29, 1.82) is 0 Å². The molecule has 2 amide bonds. The smallest absolute Gasteiger partial charge is 0.240 e. The molecule has 0 saturated heterocycles. The predicted molar refractivity (Wildman–Crippen MR) is 67.2 cm³/mol. The van der Waals surface area contributed by atoms with Crippen molar-refractivity contribution >= 4 is 11.8 Å². The summed E-state index contributed by atoms with van der Waals surface area (Å²) in [6.45, 7) is 3.97. The number of carbonyl (C=O) groups excluding carboxylic acids is 2. The minimum atomic E-state index is -0.471. The molecule has 0 heterocycles. The third-order valence-corrected chi connectivity index (χ3v) is 3.34. The van der Waals surface area contributed by atoms with E-state index in [0.717, 1.165) is 25.7 Å². The highest BCUT2D eigenvalue weighted by atomic mass is 16.2. The molecule has 4 heteroatoms. The Kier molecular flexibility index (Phi) is 5.45. The molecule has 0 bridgehead atoms. The summed E-state index contributed by atoms with van der Waals surface area (Å²) in [4.78, 5) is 23.1. The van der Waals surface area contributed by atoms with E-state index in [9.17, 15) is 9.59 Å². The zero-order chi connectivity index (χ0) is 12.8.